The summed E-state index contributed by atoms with van der Waals surface area (Å²) < 4.78 is 44.1. The Morgan fingerprint density at radius 3 is 2.52 bits per heavy atom. The van der Waals surface area contributed by atoms with Crippen molar-refractivity contribution in [3.05, 3.63) is 68.9 Å². The number of aliphatic hydroxyl groups excluding tert-OH is 1. The second-order valence-corrected chi connectivity index (χ2v) is 7.35. The second kappa shape index (κ2) is 8.12. The van der Waals surface area contributed by atoms with Crippen LogP contribution in [0, 0.1) is 5.82 Å². The number of hydrogen-bond donors (Lipinski definition) is 3. The fraction of sp³-hybridized carbons (Fsp3) is 0.200. The normalized spacial score (nSPS) is 15.7. The molecule has 2 heterocycles. The lowest BCUT2D eigenvalue weighted by Crippen LogP contribution is -2.51. The summed E-state index contributed by atoms with van der Waals surface area (Å²) >= 11 is 6.38. The predicted octanol–water partition coefficient (Wildman–Crippen LogP) is 3.16. The Morgan fingerprint density at radius 1 is 1.39 bits per heavy atom. The topological polar surface area (TPSA) is 109 Å². The highest BCUT2D eigenvalue weighted by Crippen LogP contribution is 2.38. The molecule has 0 amide bonds. The zero-order chi connectivity index (χ0) is 23.2. The molecule has 0 radical (unpaired) electrons. The number of aliphatic hydroxyl groups is 1. The summed E-state index contributed by atoms with van der Waals surface area (Å²) in [5.74, 6) is -4.86. The van der Waals surface area contributed by atoms with Gasteiger partial charge >= 0.3 is 5.97 Å². The zero-order valence-corrected chi connectivity index (χ0v) is 16.9. The van der Waals surface area contributed by atoms with Crippen LogP contribution in [0.25, 0.3) is 16.6 Å². The van der Waals surface area contributed by atoms with Gasteiger partial charge in [-0.15, -0.1) is 0 Å². The maximum Gasteiger partial charge on any atom is 0.341 e. The molecule has 0 unspecified atom stereocenters. The van der Waals surface area contributed by atoms with Crippen molar-refractivity contribution < 1.29 is 28.2 Å². The van der Waals surface area contributed by atoms with Gasteiger partial charge in [0, 0.05) is 25.4 Å². The van der Waals surface area contributed by atoms with Crippen molar-refractivity contribution in [1.82, 2.24) is 4.57 Å². The van der Waals surface area contributed by atoms with Gasteiger partial charge in [-0.3, -0.25) is 4.79 Å². The van der Waals surface area contributed by atoms with Crippen LogP contribution < -0.4 is 16.1 Å². The first-order chi connectivity index (χ1) is 14.4. The third-order valence-corrected chi connectivity index (χ3v) is 5.19. The van der Waals surface area contributed by atoms with Crippen molar-refractivity contribution in [3.8, 4) is 0 Å². The Labute approximate surface area is 178 Å². The highest BCUT2D eigenvalue weighted by molar-refractivity contribution is 6.38. The molecule has 2 aromatic rings. The number of carbonyl (C=O) groups is 1. The SMILES string of the molecule is C=C(N)/C(F)=C\C(F)=C(/C)n1cc(C(=O)O)c(=O)c2cc(F)c(N3CC(O)C3)c(Cl)c21. The summed E-state index contributed by atoms with van der Waals surface area (Å²) in [4.78, 5) is 25.6. The number of nitrogens with zero attached hydrogens (tertiary/aromatic N) is 2. The van der Waals surface area contributed by atoms with Crippen LogP contribution >= 0.6 is 11.6 Å². The number of aromatic carboxylic acids is 1. The van der Waals surface area contributed by atoms with E-state index in [4.69, 9.17) is 17.3 Å². The molecule has 0 saturated carbocycles. The zero-order valence-electron chi connectivity index (χ0n) is 16.1. The fourth-order valence-corrected chi connectivity index (χ4v) is 3.58. The summed E-state index contributed by atoms with van der Waals surface area (Å²) in [7, 11) is 0. The van der Waals surface area contributed by atoms with Crippen LogP contribution in [0.1, 0.15) is 17.3 Å². The van der Waals surface area contributed by atoms with Crippen molar-refractivity contribution in [1.29, 1.82) is 0 Å². The average Bonchev–Trinajstić information content (AvgIpc) is 2.66. The molecular weight excluding hydrogens is 439 g/mol. The first kappa shape index (κ1) is 22.4. The number of nitrogens with two attached hydrogens (primary N) is 1. The molecule has 11 heteroatoms. The first-order valence-corrected chi connectivity index (χ1v) is 9.24. The maximum atomic E-state index is 14.8. The molecule has 1 fully saturated rings. The van der Waals surface area contributed by atoms with Crippen molar-refractivity contribution in [2.24, 2.45) is 5.73 Å². The molecular formula is C20H17ClF3N3O4. The van der Waals surface area contributed by atoms with E-state index in [-0.39, 0.29) is 35.0 Å². The second-order valence-electron chi connectivity index (χ2n) is 6.97. The number of carboxylic acids is 1. The minimum Gasteiger partial charge on any atom is -0.477 e. The van der Waals surface area contributed by atoms with Crippen LogP contribution in [0.2, 0.25) is 5.02 Å². The maximum absolute atomic E-state index is 14.8. The molecule has 4 N–H and O–H groups in total. The quantitative estimate of drug-likeness (QED) is 0.598. The summed E-state index contributed by atoms with van der Waals surface area (Å²) in [5.41, 5.74) is 2.20. The van der Waals surface area contributed by atoms with Crippen LogP contribution in [0.4, 0.5) is 18.9 Å². The highest BCUT2D eigenvalue weighted by Gasteiger charge is 2.31. The number of hydrogen-bond acceptors (Lipinski definition) is 5. The van der Waals surface area contributed by atoms with Gasteiger partial charge in [0.2, 0.25) is 5.43 Å². The van der Waals surface area contributed by atoms with Crippen molar-refractivity contribution >= 4 is 39.9 Å². The van der Waals surface area contributed by atoms with Crippen LogP contribution in [-0.4, -0.2) is 39.9 Å². The van der Waals surface area contributed by atoms with E-state index >= 15 is 0 Å². The largest absolute Gasteiger partial charge is 0.477 e. The van der Waals surface area contributed by atoms with Gasteiger partial charge in [-0.2, -0.15) is 0 Å². The van der Waals surface area contributed by atoms with Crippen LogP contribution in [-0.2, 0) is 0 Å². The number of pyridine rings is 1. The van der Waals surface area contributed by atoms with Gasteiger partial charge in [0.15, 0.2) is 0 Å². The third-order valence-electron chi connectivity index (χ3n) is 4.83. The summed E-state index contributed by atoms with van der Waals surface area (Å²) in [6, 6.07) is 0.801. The Hall–Kier alpha value is -3.24. The van der Waals surface area contributed by atoms with E-state index in [2.05, 4.69) is 6.58 Å². The summed E-state index contributed by atoms with van der Waals surface area (Å²) in [5, 5.41) is 18.2. The van der Waals surface area contributed by atoms with E-state index in [0.29, 0.717) is 6.08 Å². The lowest BCUT2D eigenvalue weighted by atomic mass is 10.1. The Balaban J connectivity index is 2.41. The number of anilines is 1. The van der Waals surface area contributed by atoms with Crippen LogP contribution in [0.5, 0.6) is 0 Å². The first-order valence-electron chi connectivity index (χ1n) is 8.86. The number of benzene rings is 1. The van der Waals surface area contributed by atoms with Gasteiger partial charge in [-0.05, 0) is 13.0 Å². The van der Waals surface area contributed by atoms with Gasteiger partial charge in [0.25, 0.3) is 0 Å². The molecule has 1 aliphatic rings. The van der Waals surface area contributed by atoms with Gasteiger partial charge < -0.3 is 25.4 Å². The van der Waals surface area contributed by atoms with Gasteiger partial charge in [-0.1, -0.05) is 18.2 Å². The molecule has 1 aliphatic heterocycles. The summed E-state index contributed by atoms with van der Waals surface area (Å²) in [6.07, 6.45) is 0.564. The predicted molar refractivity (Wildman–Crippen MR) is 111 cm³/mol. The Morgan fingerprint density at radius 2 is 2.00 bits per heavy atom. The van der Waals surface area contributed by atoms with Crippen LogP contribution in [0.15, 0.2) is 47.1 Å². The van der Waals surface area contributed by atoms with Gasteiger partial charge in [0.05, 0.1) is 39.1 Å². The lowest BCUT2D eigenvalue weighted by Gasteiger charge is -2.38. The molecule has 0 bridgehead atoms. The van der Waals surface area contributed by atoms with Crippen molar-refractivity contribution in [2.45, 2.75) is 13.0 Å². The minimum absolute atomic E-state index is 0.0787. The lowest BCUT2D eigenvalue weighted by molar-refractivity contribution is 0.0695. The van der Waals surface area contributed by atoms with E-state index in [1.165, 1.54) is 11.8 Å². The molecule has 31 heavy (non-hydrogen) atoms. The molecule has 1 aromatic carbocycles. The van der Waals surface area contributed by atoms with Gasteiger partial charge in [-0.25, -0.2) is 18.0 Å². The summed E-state index contributed by atoms with van der Waals surface area (Å²) in [6.45, 7) is 4.49. The number of carboxylic acid groups (broad SMARTS) is 1. The van der Waals surface area contributed by atoms with E-state index in [1.807, 2.05) is 0 Å². The molecule has 3 rings (SSSR count). The van der Waals surface area contributed by atoms with Crippen molar-refractivity contribution in [2.75, 3.05) is 18.0 Å². The molecule has 0 atom stereocenters. The van der Waals surface area contributed by atoms with Gasteiger partial charge in [0.1, 0.15) is 23.0 Å². The van der Waals surface area contributed by atoms with E-state index in [9.17, 15) is 33.0 Å². The van der Waals surface area contributed by atoms with E-state index < -0.39 is 51.6 Å². The van der Waals surface area contributed by atoms with E-state index in [0.717, 1.165) is 16.8 Å². The van der Waals surface area contributed by atoms with E-state index in [1.54, 1.807) is 0 Å². The number of allylic oxidation sites excluding steroid dienone is 4. The van der Waals surface area contributed by atoms with Crippen LogP contribution in [0.3, 0.4) is 0 Å². The number of rotatable bonds is 5. The monoisotopic (exact) mass is 455 g/mol. The number of halogens is 4. The fourth-order valence-electron chi connectivity index (χ4n) is 3.17. The molecule has 1 aromatic heterocycles. The molecule has 1 saturated heterocycles. The molecule has 0 spiro atoms. The highest BCUT2D eigenvalue weighted by atomic mass is 35.5. The minimum atomic E-state index is -1.63. The Bertz CT molecular complexity index is 1250. The molecule has 7 nitrogen and oxygen atoms in total. The van der Waals surface area contributed by atoms with Crippen molar-refractivity contribution in [3.63, 3.8) is 0 Å². The number of β-amino-alcohol motifs (C(OH)–C–C–N with tert-alkyl or cyclic N) is 1. The number of fused-ring (bicyclic) bond motifs is 1. The molecule has 164 valence electrons. The third kappa shape index (κ3) is 3.91. The molecule has 0 aliphatic carbocycles. The Kier molecular flexibility index (Phi) is 5.88. The number of aromatic nitrogens is 1. The smallest absolute Gasteiger partial charge is 0.341 e. The standard InChI is InChI=1S/C20H17ClF3N3O4/c1-8(25)13(22)4-14(23)9(2)27-7-12(20(30)31)19(29)11-3-15(24)18(16(21)17(11)27)26-5-10(28)6-26/h3-4,7,10,28H,1,5-6,25H2,2H3,(H,30,31)/b13-4+,14-9-. The average molecular weight is 456 g/mol.